The summed E-state index contributed by atoms with van der Waals surface area (Å²) in [5.41, 5.74) is 1.63. The van der Waals surface area contributed by atoms with Crippen LogP contribution >= 0.6 is 0 Å². The van der Waals surface area contributed by atoms with Crippen LogP contribution in [-0.2, 0) is 4.74 Å². The highest BCUT2D eigenvalue weighted by molar-refractivity contribution is 6.17. The van der Waals surface area contributed by atoms with Gasteiger partial charge in [-0.25, -0.2) is 9.59 Å². The summed E-state index contributed by atoms with van der Waals surface area (Å²) in [6.07, 6.45) is -0.284. The van der Waals surface area contributed by atoms with Gasteiger partial charge >= 0.3 is 11.9 Å². The van der Waals surface area contributed by atoms with E-state index in [0.29, 0.717) is 16.7 Å². The van der Waals surface area contributed by atoms with Crippen molar-refractivity contribution in [1.29, 1.82) is 0 Å². The van der Waals surface area contributed by atoms with Crippen molar-refractivity contribution in [3.05, 3.63) is 83.9 Å². The van der Waals surface area contributed by atoms with Gasteiger partial charge in [0.15, 0.2) is 0 Å². The Morgan fingerprint density at radius 1 is 0.724 bits per heavy atom. The Labute approximate surface area is 168 Å². The highest BCUT2D eigenvalue weighted by Gasteiger charge is 2.24. The van der Waals surface area contributed by atoms with Crippen LogP contribution in [0.5, 0.6) is 0 Å². The van der Waals surface area contributed by atoms with Gasteiger partial charge in [-0.2, -0.15) is 0 Å². The highest BCUT2D eigenvalue weighted by Crippen LogP contribution is 2.39. The van der Waals surface area contributed by atoms with Crippen molar-refractivity contribution in [3.8, 4) is 11.1 Å². The molecule has 0 radical (unpaired) electrons. The van der Waals surface area contributed by atoms with Gasteiger partial charge in [-0.3, -0.25) is 0 Å². The van der Waals surface area contributed by atoms with Crippen molar-refractivity contribution >= 4 is 33.5 Å². The summed E-state index contributed by atoms with van der Waals surface area (Å²) in [5.74, 6) is -1.51. The smallest absolute Gasteiger partial charge is 0.339 e. The number of hydrogen-bond acceptors (Lipinski definition) is 3. The maximum atomic E-state index is 12.9. The first-order valence-electron chi connectivity index (χ1n) is 9.45. The number of rotatable bonds is 4. The predicted octanol–water partition coefficient (Wildman–Crippen LogP) is 5.92. The Morgan fingerprint density at radius 3 is 1.72 bits per heavy atom. The Morgan fingerprint density at radius 2 is 1.21 bits per heavy atom. The van der Waals surface area contributed by atoms with Crippen molar-refractivity contribution in [3.63, 3.8) is 0 Å². The third-order valence-corrected chi connectivity index (χ3v) is 4.90. The van der Waals surface area contributed by atoms with E-state index in [1.807, 2.05) is 54.6 Å². The van der Waals surface area contributed by atoms with E-state index < -0.39 is 11.9 Å². The van der Waals surface area contributed by atoms with Crippen LogP contribution < -0.4 is 0 Å². The standard InChI is InChI=1S/C25H20O4/c1-15(2)29-25(28)21-14-12-17-8-4-6-10-19(17)23(21)22-18-9-5-3-7-16(18)11-13-20(22)24(26)27/h3-15H,1-2H3,(H,26,27). The average Bonchev–Trinajstić information content (AvgIpc) is 2.71. The lowest BCUT2D eigenvalue weighted by Crippen LogP contribution is -2.13. The minimum absolute atomic E-state index is 0.152. The molecule has 1 N–H and O–H groups in total. The molecule has 0 aliphatic carbocycles. The number of ether oxygens (including phenoxy) is 1. The summed E-state index contributed by atoms with van der Waals surface area (Å²) in [6, 6.07) is 22.2. The van der Waals surface area contributed by atoms with Gasteiger partial charge in [0.25, 0.3) is 0 Å². The van der Waals surface area contributed by atoms with Gasteiger partial charge in [0.2, 0.25) is 0 Å². The molecule has 0 atom stereocenters. The van der Waals surface area contributed by atoms with E-state index in [9.17, 15) is 14.7 Å². The summed E-state index contributed by atoms with van der Waals surface area (Å²) in [4.78, 5) is 25.1. The molecule has 0 spiro atoms. The molecule has 0 unspecified atom stereocenters. The zero-order valence-corrected chi connectivity index (χ0v) is 16.2. The second-order valence-electron chi connectivity index (χ2n) is 7.18. The molecule has 0 aliphatic heterocycles. The van der Waals surface area contributed by atoms with Crippen molar-refractivity contribution in [1.82, 2.24) is 0 Å². The second-order valence-corrected chi connectivity index (χ2v) is 7.18. The molecule has 0 aromatic heterocycles. The number of esters is 1. The topological polar surface area (TPSA) is 63.6 Å². The zero-order valence-electron chi connectivity index (χ0n) is 16.2. The van der Waals surface area contributed by atoms with Crippen LogP contribution in [0.25, 0.3) is 32.7 Å². The number of benzene rings is 4. The lowest BCUT2D eigenvalue weighted by molar-refractivity contribution is 0.0378. The van der Waals surface area contributed by atoms with Gasteiger partial charge in [-0.1, -0.05) is 60.7 Å². The Balaban J connectivity index is 2.17. The van der Waals surface area contributed by atoms with E-state index in [4.69, 9.17) is 4.74 Å². The number of fused-ring (bicyclic) bond motifs is 2. The average molecular weight is 384 g/mol. The molecule has 144 valence electrons. The molecule has 0 saturated carbocycles. The van der Waals surface area contributed by atoms with E-state index in [1.165, 1.54) is 0 Å². The van der Waals surface area contributed by atoms with Crippen molar-refractivity contribution in [2.45, 2.75) is 20.0 Å². The van der Waals surface area contributed by atoms with E-state index >= 15 is 0 Å². The zero-order chi connectivity index (χ0) is 20.5. The van der Waals surface area contributed by atoms with Gasteiger partial charge in [0, 0.05) is 11.1 Å². The minimum atomic E-state index is -1.04. The van der Waals surface area contributed by atoms with Gasteiger partial charge < -0.3 is 9.84 Å². The molecule has 0 heterocycles. The summed E-state index contributed by atoms with van der Waals surface area (Å²) in [5, 5.41) is 13.3. The molecule has 29 heavy (non-hydrogen) atoms. The van der Waals surface area contributed by atoms with Gasteiger partial charge in [0.05, 0.1) is 17.2 Å². The van der Waals surface area contributed by atoms with Crippen LogP contribution in [0.3, 0.4) is 0 Å². The number of carboxylic acids is 1. The molecule has 0 bridgehead atoms. The number of hydrogen-bond donors (Lipinski definition) is 1. The third kappa shape index (κ3) is 3.34. The SMILES string of the molecule is CC(C)OC(=O)c1ccc2ccccc2c1-c1c(C(=O)O)ccc2ccccc12. The monoisotopic (exact) mass is 384 g/mol. The Hall–Kier alpha value is -3.66. The van der Waals surface area contributed by atoms with Crippen LogP contribution in [0.4, 0.5) is 0 Å². The molecule has 0 aliphatic rings. The molecule has 0 amide bonds. The lowest BCUT2D eigenvalue weighted by atomic mass is 9.87. The maximum absolute atomic E-state index is 12.9. The van der Waals surface area contributed by atoms with Crippen molar-refractivity contribution < 1.29 is 19.4 Å². The molecular formula is C25H20O4. The number of carboxylic acid groups (broad SMARTS) is 1. The van der Waals surface area contributed by atoms with Gasteiger partial charge in [-0.15, -0.1) is 0 Å². The maximum Gasteiger partial charge on any atom is 0.339 e. The highest BCUT2D eigenvalue weighted by atomic mass is 16.5. The largest absolute Gasteiger partial charge is 0.478 e. The summed E-state index contributed by atoms with van der Waals surface area (Å²) in [7, 11) is 0. The Kier molecular flexibility index (Phi) is 4.77. The summed E-state index contributed by atoms with van der Waals surface area (Å²) < 4.78 is 5.47. The molecule has 4 aromatic carbocycles. The minimum Gasteiger partial charge on any atom is -0.478 e. The van der Waals surface area contributed by atoms with E-state index in [2.05, 4.69) is 0 Å². The molecular weight excluding hydrogens is 364 g/mol. The van der Waals surface area contributed by atoms with Gasteiger partial charge in [0.1, 0.15) is 0 Å². The number of carbonyl (C=O) groups excluding carboxylic acids is 1. The van der Waals surface area contributed by atoms with E-state index in [0.717, 1.165) is 21.5 Å². The quantitative estimate of drug-likeness (QED) is 0.443. The first kappa shape index (κ1) is 18.7. The van der Waals surface area contributed by atoms with E-state index in [1.54, 1.807) is 32.0 Å². The first-order valence-corrected chi connectivity index (χ1v) is 9.45. The molecule has 4 aromatic rings. The predicted molar refractivity (Wildman–Crippen MR) is 114 cm³/mol. The summed E-state index contributed by atoms with van der Waals surface area (Å²) in [6.45, 7) is 3.58. The van der Waals surface area contributed by atoms with Crippen molar-refractivity contribution in [2.75, 3.05) is 0 Å². The molecule has 4 nitrogen and oxygen atoms in total. The molecule has 0 saturated heterocycles. The molecule has 0 fully saturated rings. The van der Waals surface area contributed by atoms with Crippen LogP contribution in [0.15, 0.2) is 72.8 Å². The third-order valence-electron chi connectivity index (χ3n) is 4.90. The fourth-order valence-corrected chi connectivity index (χ4v) is 3.71. The molecule has 4 rings (SSSR count). The number of carbonyl (C=O) groups is 2. The van der Waals surface area contributed by atoms with Crippen LogP contribution in [0, 0.1) is 0 Å². The normalized spacial score (nSPS) is 11.1. The van der Waals surface area contributed by atoms with Crippen molar-refractivity contribution in [2.24, 2.45) is 0 Å². The fraction of sp³-hybridized carbons (Fsp3) is 0.120. The Bertz CT molecular complexity index is 1250. The van der Waals surface area contributed by atoms with Crippen LogP contribution in [0.1, 0.15) is 34.6 Å². The fourth-order valence-electron chi connectivity index (χ4n) is 3.71. The summed E-state index contributed by atoms with van der Waals surface area (Å²) >= 11 is 0. The van der Waals surface area contributed by atoms with Crippen LogP contribution in [0.2, 0.25) is 0 Å². The van der Waals surface area contributed by atoms with Crippen LogP contribution in [-0.4, -0.2) is 23.1 Å². The first-order chi connectivity index (χ1) is 14.0. The molecule has 4 heteroatoms. The second kappa shape index (κ2) is 7.40. The lowest BCUT2D eigenvalue weighted by Gasteiger charge is -2.18. The number of aromatic carboxylic acids is 1. The van der Waals surface area contributed by atoms with E-state index in [-0.39, 0.29) is 11.7 Å². The van der Waals surface area contributed by atoms with Gasteiger partial charge in [-0.05, 0) is 47.5 Å².